The smallest absolute Gasteiger partial charge is 0.121 e. The van der Waals surface area contributed by atoms with Crippen LogP contribution in [0.15, 0.2) is 34.6 Å². The minimum Gasteiger partial charge on any atom is -0.494 e. The zero-order valence-corrected chi connectivity index (χ0v) is 21.5. The maximum Gasteiger partial charge on any atom is 0.121 e. The van der Waals surface area contributed by atoms with E-state index in [1.807, 2.05) is 0 Å². The number of allylic oxidation sites excluding steroid dienone is 5. The van der Waals surface area contributed by atoms with E-state index in [1.165, 1.54) is 94.0 Å². The molecule has 0 spiro atoms. The van der Waals surface area contributed by atoms with Gasteiger partial charge in [-0.05, 0) is 88.2 Å². The largest absolute Gasteiger partial charge is 0.494 e. The molecule has 0 fully saturated rings. The number of unbranched alkanes of at least 4 members (excludes halogenated alkanes) is 2. The third-order valence-electron chi connectivity index (χ3n) is 7.01. The Bertz CT molecular complexity index is 551. The van der Waals surface area contributed by atoms with Crippen LogP contribution in [0.5, 0.6) is 0 Å². The van der Waals surface area contributed by atoms with Gasteiger partial charge in [0.15, 0.2) is 0 Å². The third kappa shape index (κ3) is 10.9. The Morgan fingerprint density at radius 1 is 1.07 bits per heavy atom. The van der Waals surface area contributed by atoms with Gasteiger partial charge < -0.3 is 4.74 Å². The molecule has 0 saturated carbocycles. The molecule has 30 heavy (non-hydrogen) atoms. The first-order chi connectivity index (χ1) is 14.4. The van der Waals surface area contributed by atoms with Gasteiger partial charge in [0.25, 0.3) is 0 Å². The summed E-state index contributed by atoms with van der Waals surface area (Å²) in [5.41, 5.74) is 4.52. The molecule has 0 aliphatic heterocycles. The Morgan fingerprint density at radius 3 is 2.40 bits per heavy atom. The van der Waals surface area contributed by atoms with E-state index in [1.54, 1.807) is 5.57 Å². The van der Waals surface area contributed by atoms with Gasteiger partial charge in [0.1, 0.15) is 5.76 Å². The zero-order valence-electron chi connectivity index (χ0n) is 21.5. The van der Waals surface area contributed by atoms with Crippen LogP contribution in [0.3, 0.4) is 0 Å². The Kier molecular flexibility index (Phi) is 14.2. The quantitative estimate of drug-likeness (QED) is 0.180. The molecule has 1 heteroatoms. The van der Waals surface area contributed by atoms with Crippen LogP contribution in [0.2, 0.25) is 0 Å². The van der Waals surface area contributed by atoms with Crippen molar-refractivity contribution in [3.05, 3.63) is 34.6 Å². The number of hydrogen-bond acceptors (Lipinski definition) is 1. The van der Waals surface area contributed by atoms with Crippen LogP contribution in [0.1, 0.15) is 126 Å². The van der Waals surface area contributed by atoms with Gasteiger partial charge in [-0.2, -0.15) is 0 Å². The summed E-state index contributed by atoms with van der Waals surface area (Å²) in [6, 6.07) is 0. The van der Waals surface area contributed by atoms with E-state index in [4.69, 9.17) is 4.74 Å². The van der Waals surface area contributed by atoms with Gasteiger partial charge in [0, 0.05) is 0 Å². The molecule has 1 nitrogen and oxygen atoms in total. The van der Waals surface area contributed by atoms with Crippen molar-refractivity contribution in [1.29, 1.82) is 0 Å². The lowest BCUT2D eigenvalue weighted by Gasteiger charge is -2.25. The molecular weight excluding hydrogens is 364 g/mol. The molecule has 1 aliphatic carbocycles. The van der Waals surface area contributed by atoms with E-state index in [0.717, 1.165) is 18.4 Å². The van der Waals surface area contributed by atoms with Crippen LogP contribution >= 0.6 is 0 Å². The molecule has 3 atom stereocenters. The molecule has 0 amide bonds. The van der Waals surface area contributed by atoms with Crippen molar-refractivity contribution in [3.8, 4) is 0 Å². The van der Waals surface area contributed by atoms with Crippen LogP contribution in [0.25, 0.3) is 0 Å². The molecule has 0 aromatic rings. The lowest BCUT2D eigenvalue weighted by molar-refractivity contribution is 0.225. The first-order valence-corrected chi connectivity index (χ1v) is 13.1. The Labute approximate surface area is 189 Å². The summed E-state index contributed by atoms with van der Waals surface area (Å²) in [7, 11) is 0. The highest BCUT2D eigenvalue weighted by atomic mass is 16.5. The normalized spacial score (nSPS) is 19.6. The van der Waals surface area contributed by atoms with E-state index >= 15 is 0 Å². The average molecular weight is 417 g/mol. The molecule has 0 radical (unpaired) electrons. The predicted molar refractivity (Wildman–Crippen MR) is 135 cm³/mol. The fourth-order valence-electron chi connectivity index (χ4n) is 4.52. The standard InChI is InChI=1S/C29H52O/c1-8-10-11-14-23(3)15-12-16-24(4)17-13-18-25(5)19-21-28-22-20-26(6)27(7)29(28)30-9-2/h14,22,24-26H,8-13,15-21H2,1-7H3. The van der Waals surface area contributed by atoms with Gasteiger partial charge in [0.2, 0.25) is 0 Å². The van der Waals surface area contributed by atoms with Crippen molar-refractivity contribution in [3.63, 3.8) is 0 Å². The first-order valence-electron chi connectivity index (χ1n) is 13.1. The van der Waals surface area contributed by atoms with E-state index < -0.39 is 0 Å². The highest BCUT2D eigenvalue weighted by molar-refractivity contribution is 5.34. The topological polar surface area (TPSA) is 9.23 Å². The molecule has 0 bridgehead atoms. The van der Waals surface area contributed by atoms with Gasteiger partial charge in [-0.1, -0.05) is 83.9 Å². The summed E-state index contributed by atoms with van der Waals surface area (Å²) in [6.45, 7) is 16.9. The van der Waals surface area contributed by atoms with Gasteiger partial charge in [-0.15, -0.1) is 0 Å². The second-order valence-corrected chi connectivity index (χ2v) is 10.1. The number of rotatable bonds is 16. The van der Waals surface area contributed by atoms with Crippen molar-refractivity contribution in [1.82, 2.24) is 0 Å². The highest BCUT2D eigenvalue weighted by Gasteiger charge is 2.20. The Morgan fingerprint density at radius 2 is 1.73 bits per heavy atom. The summed E-state index contributed by atoms with van der Waals surface area (Å²) >= 11 is 0. The van der Waals surface area contributed by atoms with Crippen LogP contribution in [0.4, 0.5) is 0 Å². The van der Waals surface area contributed by atoms with E-state index in [9.17, 15) is 0 Å². The fourth-order valence-corrected chi connectivity index (χ4v) is 4.52. The second-order valence-electron chi connectivity index (χ2n) is 10.1. The monoisotopic (exact) mass is 416 g/mol. The fraction of sp³-hybridized carbons (Fsp3) is 0.793. The van der Waals surface area contributed by atoms with Gasteiger partial charge in [0.05, 0.1) is 6.61 Å². The highest BCUT2D eigenvalue weighted by Crippen LogP contribution is 2.34. The molecule has 0 saturated heterocycles. The van der Waals surface area contributed by atoms with Crippen molar-refractivity contribution in [2.45, 2.75) is 126 Å². The average Bonchev–Trinajstić information content (AvgIpc) is 2.71. The SMILES string of the molecule is CCCCC=C(C)CCCC(C)CCCC(C)CCC1=CCC(C)C(C)=C1OCC. The van der Waals surface area contributed by atoms with Crippen molar-refractivity contribution in [2.24, 2.45) is 17.8 Å². The Hall–Kier alpha value is -0.980. The van der Waals surface area contributed by atoms with Gasteiger partial charge in [-0.25, -0.2) is 0 Å². The maximum absolute atomic E-state index is 6.01. The van der Waals surface area contributed by atoms with E-state index in [2.05, 4.69) is 60.6 Å². The molecule has 1 rings (SSSR count). The van der Waals surface area contributed by atoms with Crippen molar-refractivity contribution >= 4 is 0 Å². The second kappa shape index (κ2) is 15.8. The molecular formula is C29H52O. The van der Waals surface area contributed by atoms with E-state index in [0.29, 0.717) is 5.92 Å². The predicted octanol–water partition coefficient (Wildman–Crippen LogP) is 9.79. The third-order valence-corrected chi connectivity index (χ3v) is 7.01. The van der Waals surface area contributed by atoms with Gasteiger partial charge >= 0.3 is 0 Å². The molecule has 0 aromatic carbocycles. The van der Waals surface area contributed by atoms with Crippen LogP contribution < -0.4 is 0 Å². The number of hydrogen-bond donors (Lipinski definition) is 0. The number of ether oxygens (including phenoxy) is 1. The first kappa shape index (κ1) is 27.1. The van der Waals surface area contributed by atoms with Crippen LogP contribution in [-0.4, -0.2) is 6.61 Å². The maximum atomic E-state index is 6.01. The molecule has 0 aromatic heterocycles. The minimum absolute atomic E-state index is 0.629. The van der Waals surface area contributed by atoms with Crippen molar-refractivity contribution < 1.29 is 4.74 Å². The zero-order chi connectivity index (χ0) is 22.4. The molecule has 3 unspecified atom stereocenters. The lowest BCUT2D eigenvalue weighted by Crippen LogP contribution is -2.11. The van der Waals surface area contributed by atoms with Gasteiger partial charge in [-0.3, -0.25) is 0 Å². The van der Waals surface area contributed by atoms with Crippen LogP contribution in [-0.2, 0) is 4.74 Å². The summed E-state index contributed by atoms with van der Waals surface area (Å²) in [6.07, 6.45) is 20.7. The lowest BCUT2D eigenvalue weighted by atomic mass is 9.86. The van der Waals surface area contributed by atoms with Crippen molar-refractivity contribution in [2.75, 3.05) is 6.61 Å². The van der Waals surface area contributed by atoms with E-state index in [-0.39, 0.29) is 0 Å². The molecule has 174 valence electrons. The molecule has 1 aliphatic rings. The summed E-state index contributed by atoms with van der Waals surface area (Å²) < 4.78 is 6.01. The molecule has 0 N–H and O–H groups in total. The summed E-state index contributed by atoms with van der Waals surface area (Å²) in [4.78, 5) is 0. The summed E-state index contributed by atoms with van der Waals surface area (Å²) in [5.74, 6) is 3.52. The summed E-state index contributed by atoms with van der Waals surface area (Å²) in [5, 5.41) is 0. The Balaban J connectivity index is 2.22. The minimum atomic E-state index is 0.629. The molecule has 0 heterocycles. The van der Waals surface area contributed by atoms with Crippen LogP contribution in [0, 0.1) is 17.8 Å².